The van der Waals surface area contributed by atoms with Crippen molar-refractivity contribution in [1.82, 2.24) is 0 Å². The minimum absolute atomic E-state index is 0.0580. The van der Waals surface area contributed by atoms with Crippen LogP contribution < -0.4 is 10.4 Å². The number of hydrogen-bond donors (Lipinski definition) is 1. The molecule has 1 aliphatic rings. The predicted octanol–water partition coefficient (Wildman–Crippen LogP) is 7.04. The van der Waals surface area contributed by atoms with Gasteiger partial charge in [0.25, 0.3) is 8.24 Å². The van der Waals surface area contributed by atoms with Crippen LogP contribution in [0.3, 0.4) is 0 Å². The molecule has 3 nitrogen and oxygen atoms in total. The molecule has 4 rings (SSSR count). The van der Waals surface area contributed by atoms with Crippen LogP contribution in [0.5, 0.6) is 0 Å². The summed E-state index contributed by atoms with van der Waals surface area (Å²) in [7, 11) is -6.03. The van der Waals surface area contributed by atoms with Crippen molar-refractivity contribution in [1.29, 1.82) is 0 Å². The first kappa shape index (κ1) is 28.8. The maximum Gasteiger partial charge on any atom is 0.260 e. The summed E-state index contributed by atoms with van der Waals surface area (Å²) in [6, 6.07) is 30.7. The first-order valence-corrected chi connectivity index (χ1v) is 17.6. The van der Waals surface area contributed by atoms with Gasteiger partial charge >= 0.3 is 0 Å². The standard InChI is InChI=1S/C33H45NO2SSi/c1-31(2,3)30-24-16-17-25-33(30,35)26-37(36,27-18-10-7-11-19-27)34-38(32(4,5)6,28-20-12-8-13-21-28)29-22-14-9-15-23-29/h7-15,18-23,30,35H,16-17,24-26H2,1-6H3/t30-,33+,37-/m0/s1. The fraction of sp³-hybridized carbons (Fsp3) is 0.455. The zero-order valence-electron chi connectivity index (χ0n) is 24.0. The van der Waals surface area contributed by atoms with Crippen molar-refractivity contribution in [2.75, 3.05) is 5.75 Å². The van der Waals surface area contributed by atoms with E-state index in [0.717, 1.165) is 34.5 Å². The maximum absolute atomic E-state index is 15.6. The zero-order chi connectivity index (χ0) is 27.7. The van der Waals surface area contributed by atoms with E-state index >= 15 is 4.21 Å². The van der Waals surface area contributed by atoms with Crippen LogP contribution in [0.4, 0.5) is 0 Å². The van der Waals surface area contributed by atoms with E-state index < -0.39 is 23.6 Å². The molecule has 1 aliphatic carbocycles. The van der Waals surface area contributed by atoms with Crippen molar-refractivity contribution in [3.63, 3.8) is 0 Å². The summed E-state index contributed by atoms with van der Waals surface area (Å²) in [6.45, 7) is 13.3. The summed E-state index contributed by atoms with van der Waals surface area (Å²) < 4.78 is 21.3. The molecule has 1 N–H and O–H groups in total. The average Bonchev–Trinajstić information content (AvgIpc) is 2.87. The van der Waals surface area contributed by atoms with Crippen LogP contribution in [0.25, 0.3) is 0 Å². The van der Waals surface area contributed by atoms with Crippen molar-refractivity contribution in [2.45, 2.75) is 82.8 Å². The highest BCUT2D eigenvalue weighted by Crippen LogP contribution is 2.46. The van der Waals surface area contributed by atoms with Crippen molar-refractivity contribution in [2.24, 2.45) is 15.4 Å². The lowest BCUT2D eigenvalue weighted by molar-refractivity contribution is -0.0720. The highest BCUT2D eigenvalue weighted by molar-refractivity contribution is 7.94. The molecule has 3 aromatic carbocycles. The maximum atomic E-state index is 15.6. The minimum Gasteiger partial charge on any atom is -0.389 e. The van der Waals surface area contributed by atoms with Gasteiger partial charge in [0.2, 0.25) is 0 Å². The number of rotatable bonds is 6. The Morgan fingerprint density at radius 1 is 0.816 bits per heavy atom. The van der Waals surface area contributed by atoms with Crippen LogP contribution >= 0.6 is 0 Å². The van der Waals surface area contributed by atoms with E-state index in [4.69, 9.17) is 4.03 Å². The highest BCUT2D eigenvalue weighted by atomic mass is 32.2. The Morgan fingerprint density at radius 3 is 1.74 bits per heavy atom. The Balaban J connectivity index is 2.07. The Labute approximate surface area is 232 Å². The fourth-order valence-corrected chi connectivity index (χ4v) is 16.2. The fourth-order valence-electron chi connectivity index (χ4n) is 6.63. The second-order valence-corrected chi connectivity index (χ2v) is 20.0. The first-order valence-electron chi connectivity index (χ1n) is 14.0. The lowest BCUT2D eigenvalue weighted by Gasteiger charge is -2.48. The molecule has 0 radical (unpaired) electrons. The third kappa shape index (κ3) is 5.57. The molecular weight excluding hydrogens is 503 g/mol. The lowest BCUT2D eigenvalue weighted by Crippen LogP contribution is -2.64. The number of nitrogens with zero attached hydrogens (tertiary/aromatic N) is 1. The van der Waals surface area contributed by atoms with Crippen molar-refractivity contribution >= 4 is 28.3 Å². The third-order valence-electron chi connectivity index (χ3n) is 8.36. The van der Waals surface area contributed by atoms with Crippen LogP contribution in [0.2, 0.25) is 5.04 Å². The molecule has 3 aromatic rings. The summed E-state index contributed by atoms with van der Waals surface area (Å²) in [6.07, 6.45) is 3.66. The molecule has 0 spiro atoms. The van der Waals surface area contributed by atoms with E-state index in [2.05, 4.69) is 90.1 Å². The summed E-state index contributed by atoms with van der Waals surface area (Å²) in [5.74, 6) is 0.221. The van der Waals surface area contributed by atoms with Gasteiger partial charge in [-0.15, -0.1) is 0 Å². The molecule has 0 unspecified atom stereocenters. The molecular formula is C33H45NO2SSi. The van der Waals surface area contributed by atoms with Gasteiger partial charge in [-0.3, -0.25) is 4.03 Å². The van der Waals surface area contributed by atoms with E-state index in [1.807, 2.05) is 42.5 Å². The molecule has 38 heavy (non-hydrogen) atoms. The van der Waals surface area contributed by atoms with Gasteiger partial charge in [-0.1, -0.05) is 133 Å². The largest absolute Gasteiger partial charge is 0.389 e. The van der Waals surface area contributed by atoms with Crippen molar-refractivity contribution in [3.8, 4) is 0 Å². The topological polar surface area (TPSA) is 49.7 Å². The van der Waals surface area contributed by atoms with Crippen LogP contribution in [0, 0.1) is 11.3 Å². The zero-order valence-corrected chi connectivity index (χ0v) is 25.8. The summed E-state index contributed by atoms with van der Waals surface area (Å²) >= 11 is 0. The van der Waals surface area contributed by atoms with Gasteiger partial charge in [0, 0.05) is 4.90 Å². The Hall–Kier alpha value is -2.21. The molecule has 0 bridgehead atoms. The van der Waals surface area contributed by atoms with E-state index in [-0.39, 0.29) is 22.1 Å². The molecule has 0 amide bonds. The summed E-state index contributed by atoms with van der Waals surface area (Å²) in [5, 5.41) is 14.4. The van der Waals surface area contributed by atoms with Crippen molar-refractivity contribution < 1.29 is 9.32 Å². The second-order valence-electron chi connectivity index (χ2n) is 13.1. The molecule has 3 atom stereocenters. The van der Waals surface area contributed by atoms with Gasteiger partial charge in [-0.05, 0) is 51.7 Å². The number of aliphatic hydroxyl groups is 1. The Morgan fingerprint density at radius 2 is 1.29 bits per heavy atom. The number of benzene rings is 3. The van der Waals surface area contributed by atoms with Gasteiger partial charge in [0.05, 0.1) is 21.1 Å². The molecule has 0 aromatic heterocycles. The molecule has 0 saturated heterocycles. The van der Waals surface area contributed by atoms with E-state index in [9.17, 15) is 5.11 Å². The van der Waals surface area contributed by atoms with Crippen molar-refractivity contribution in [3.05, 3.63) is 91.0 Å². The van der Waals surface area contributed by atoms with E-state index in [1.54, 1.807) is 0 Å². The van der Waals surface area contributed by atoms with Gasteiger partial charge in [0.15, 0.2) is 0 Å². The van der Waals surface area contributed by atoms with Crippen LogP contribution in [0.15, 0.2) is 99.9 Å². The molecule has 1 saturated carbocycles. The predicted molar refractivity (Wildman–Crippen MR) is 164 cm³/mol. The van der Waals surface area contributed by atoms with Gasteiger partial charge in [0.1, 0.15) is 0 Å². The van der Waals surface area contributed by atoms with Crippen LogP contribution in [-0.4, -0.2) is 28.9 Å². The molecule has 1 fully saturated rings. The molecule has 0 aliphatic heterocycles. The third-order valence-corrected chi connectivity index (χ3v) is 17.0. The average molecular weight is 548 g/mol. The monoisotopic (exact) mass is 547 g/mol. The Bertz CT molecular complexity index is 1280. The molecule has 0 heterocycles. The van der Waals surface area contributed by atoms with Crippen LogP contribution in [-0.2, 0) is 9.73 Å². The second kappa shape index (κ2) is 10.7. The van der Waals surface area contributed by atoms with Gasteiger partial charge in [-0.2, -0.15) is 0 Å². The Kier molecular flexibility index (Phi) is 8.14. The van der Waals surface area contributed by atoms with E-state index in [1.165, 1.54) is 0 Å². The van der Waals surface area contributed by atoms with E-state index in [0.29, 0.717) is 6.42 Å². The molecule has 5 heteroatoms. The molecule has 204 valence electrons. The van der Waals surface area contributed by atoms with Gasteiger partial charge in [-0.25, -0.2) is 4.21 Å². The minimum atomic E-state index is -3.02. The summed E-state index contributed by atoms with van der Waals surface area (Å²) in [4.78, 5) is 0.722. The van der Waals surface area contributed by atoms with Crippen LogP contribution in [0.1, 0.15) is 67.2 Å². The number of hydrogen-bond acceptors (Lipinski definition) is 3. The summed E-state index contributed by atoms with van der Waals surface area (Å²) in [5.41, 5.74) is -1.14. The highest BCUT2D eigenvalue weighted by Gasteiger charge is 2.52. The van der Waals surface area contributed by atoms with Gasteiger partial charge < -0.3 is 5.11 Å². The first-order chi connectivity index (χ1) is 17.8. The normalized spacial score (nSPS) is 22.4. The smallest absolute Gasteiger partial charge is 0.260 e. The quantitative estimate of drug-likeness (QED) is 0.337. The SMILES string of the molecule is CC(C)(C)[C@@H]1CCCC[C@@]1(O)C[S@@](=O)(=N[Si](c1ccccc1)(c1ccccc1)C(C)(C)C)c1ccccc1. The lowest BCUT2D eigenvalue weighted by atomic mass is 9.64.